The van der Waals surface area contributed by atoms with E-state index in [0.717, 1.165) is 75.9 Å². The Bertz CT molecular complexity index is 591. The van der Waals surface area contributed by atoms with Gasteiger partial charge in [-0.25, -0.2) is 4.98 Å². The molecule has 3 fully saturated rings. The van der Waals surface area contributed by atoms with Gasteiger partial charge in [-0.05, 0) is 58.0 Å². The van der Waals surface area contributed by atoms with Gasteiger partial charge in [0.25, 0.3) is 0 Å². The summed E-state index contributed by atoms with van der Waals surface area (Å²) in [4.78, 5) is 11.9. The summed E-state index contributed by atoms with van der Waals surface area (Å²) in [5.74, 6) is 1.86. The molecule has 3 aliphatic rings. The molecule has 1 unspecified atom stereocenters. The van der Waals surface area contributed by atoms with Gasteiger partial charge in [-0.1, -0.05) is 6.92 Å². The molecule has 4 heterocycles. The second kappa shape index (κ2) is 10.1. The lowest BCUT2D eigenvalue weighted by molar-refractivity contribution is -0.0192. The van der Waals surface area contributed by atoms with E-state index in [4.69, 9.17) is 14.7 Å². The molecule has 4 rings (SSSR count). The van der Waals surface area contributed by atoms with Gasteiger partial charge in [-0.2, -0.15) is 4.98 Å². The lowest BCUT2D eigenvalue weighted by atomic mass is 9.88. The third-order valence-corrected chi connectivity index (χ3v) is 5.84. The zero-order chi connectivity index (χ0) is 17.1. The Morgan fingerprint density at radius 2 is 1.93 bits per heavy atom. The third-order valence-electron chi connectivity index (χ3n) is 5.84. The van der Waals surface area contributed by atoms with Gasteiger partial charge in [0.1, 0.15) is 5.82 Å². The number of aryl methyl sites for hydroxylation is 1. The van der Waals surface area contributed by atoms with Gasteiger partial charge in [-0.15, -0.1) is 24.8 Å². The Hall–Kier alpha value is -0.820. The van der Waals surface area contributed by atoms with Crippen LogP contribution in [0.3, 0.4) is 0 Å². The van der Waals surface area contributed by atoms with Crippen LogP contribution in [0.5, 0.6) is 0 Å². The van der Waals surface area contributed by atoms with Crippen molar-refractivity contribution in [2.75, 3.05) is 43.0 Å². The molecule has 0 aromatic carbocycles. The van der Waals surface area contributed by atoms with E-state index in [-0.39, 0.29) is 30.4 Å². The second-order valence-corrected chi connectivity index (χ2v) is 7.74. The van der Waals surface area contributed by atoms with Gasteiger partial charge in [-0.3, -0.25) is 0 Å². The monoisotopic (exact) mass is 417 g/mol. The van der Waals surface area contributed by atoms with Crippen LogP contribution in [0.1, 0.15) is 51.1 Å². The largest absolute Gasteiger partial charge is 0.373 e. The summed E-state index contributed by atoms with van der Waals surface area (Å²) in [5, 5.41) is 7.08. The molecule has 0 amide bonds. The molecule has 1 spiro atoms. The molecule has 1 atom stereocenters. The highest BCUT2D eigenvalue weighted by Crippen LogP contribution is 2.35. The maximum Gasteiger partial charge on any atom is 0.227 e. The summed E-state index contributed by atoms with van der Waals surface area (Å²) in [5.41, 5.74) is 1.20. The predicted octanol–water partition coefficient (Wildman–Crippen LogP) is 3.20. The lowest BCUT2D eigenvalue weighted by Gasteiger charge is -2.32. The van der Waals surface area contributed by atoms with Crippen LogP contribution in [-0.2, 0) is 11.2 Å². The molecule has 1 aromatic heterocycles. The fraction of sp³-hybridized carbons (Fsp3) is 0.789. The van der Waals surface area contributed by atoms with Crippen molar-refractivity contribution < 1.29 is 4.74 Å². The fourth-order valence-electron chi connectivity index (χ4n) is 4.35. The molecule has 0 bridgehead atoms. The second-order valence-electron chi connectivity index (χ2n) is 7.74. The van der Waals surface area contributed by atoms with Crippen LogP contribution in [0.4, 0.5) is 11.8 Å². The van der Waals surface area contributed by atoms with Crippen molar-refractivity contribution in [3.8, 4) is 0 Å². The van der Waals surface area contributed by atoms with E-state index in [1.165, 1.54) is 19.3 Å². The zero-order valence-electron chi connectivity index (χ0n) is 16.2. The molecule has 154 valence electrons. The standard InChI is InChI=1S/C19H31N5O.2ClH/c1-2-15-12-17(23-18(22-15)24-10-4-3-5-11-24)21-16-13-19(25-14-16)6-8-20-9-7-19;;/h12,16,20H,2-11,13-14H2,1H3,(H,21,22,23);2*1H. The minimum absolute atomic E-state index is 0. The summed E-state index contributed by atoms with van der Waals surface area (Å²) < 4.78 is 6.21. The first-order valence-electron chi connectivity index (χ1n) is 10.0. The highest BCUT2D eigenvalue weighted by molar-refractivity contribution is 5.85. The molecule has 0 saturated carbocycles. The molecule has 2 N–H and O–H groups in total. The average molecular weight is 418 g/mol. The molecule has 0 aliphatic carbocycles. The van der Waals surface area contributed by atoms with E-state index in [2.05, 4.69) is 28.5 Å². The van der Waals surface area contributed by atoms with E-state index in [1.54, 1.807) is 0 Å². The molecular formula is C19H33Cl2N5O. The van der Waals surface area contributed by atoms with Gasteiger partial charge in [0.2, 0.25) is 5.95 Å². The molecule has 0 radical (unpaired) electrons. The molecule has 6 nitrogen and oxygen atoms in total. The molecule has 1 aromatic rings. The third kappa shape index (κ3) is 5.37. The first-order chi connectivity index (χ1) is 12.3. The minimum atomic E-state index is 0. The van der Waals surface area contributed by atoms with Gasteiger partial charge in [0, 0.05) is 24.8 Å². The number of anilines is 2. The van der Waals surface area contributed by atoms with Crippen LogP contribution < -0.4 is 15.5 Å². The van der Waals surface area contributed by atoms with Crippen LogP contribution in [0.15, 0.2) is 6.07 Å². The topological polar surface area (TPSA) is 62.3 Å². The van der Waals surface area contributed by atoms with Crippen molar-refractivity contribution in [1.29, 1.82) is 0 Å². The number of aromatic nitrogens is 2. The Morgan fingerprint density at radius 3 is 2.63 bits per heavy atom. The molecule has 27 heavy (non-hydrogen) atoms. The van der Waals surface area contributed by atoms with E-state index >= 15 is 0 Å². The average Bonchev–Trinajstić information content (AvgIpc) is 3.04. The van der Waals surface area contributed by atoms with Gasteiger partial charge in [0.15, 0.2) is 0 Å². The van der Waals surface area contributed by atoms with Crippen LogP contribution in [-0.4, -0.2) is 54.4 Å². The van der Waals surface area contributed by atoms with E-state index in [0.29, 0.717) is 6.04 Å². The first-order valence-corrected chi connectivity index (χ1v) is 10.0. The summed E-state index contributed by atoms with van der Waals surface area (Å²) in [6.07, 6.45) is 8.08. The van der Waals surface area contributed by atoms with Crippen molar-refractivity contribution >= 4 is 36.6 Å². The summed E-state index contributed by atoms with van der Waals surface area (Å²) >= 11 is 0. The van der Waals surface area contributed by atoms with Crippen LogP contribution >= 0.6 is 24.8 Å². The maximum atomic E-state index is 6.21. The van der Waals surface area contributed by atoms with Gasteiger partial charge >= 0.3 is 0 Å². The maximum absolute atomic E-state index is 6.21. The quantitative estimate of drug-likeness (QED) is 0.783. The minimum Gasteiger partial charge on any atom is -0.373 e. The predicted molar refractivity (Wildman–Crippen MR) is 115 cm³/mol. The highest BCUT2D eigenvalue weighted by Gasteiger charge is 2.41. The van der Waals surface area contributed by atoms with Gasteiger partial charge in [0.05, 0.1) is 18.2 Å². The van der Waals surface area contributed by atoms with E-state index in [1.807, 2.05) is 0 Å². The Morgan fingerprint density at radius 1 is 1.19 bits per heavy atom. The first kappa shape index (κ1) is 22.5. The SMILES string of the molecule is CCc1cc(NC2COC3(CCNCC3)C2)nc(N2CCCCC2)n1.Cl.Cl. The number of piperidine rings is 2. The molecule has 3 aliphatic heterocycles. The molecule has 3 saturated heterocycles. The fourth-order valence-corrected chi connectivity index (χ4v) is 4.35. The number of ether oxygens (including phenoxy) is 1. The van der Waals surface area contributed by atoms with Crippen molar-refractivity contribution in [2.24, 2.45) is 0 Å². The van der Waals surface area contributed by atoms with Crippen molar-refractivity contribution in [3.63, 3.8) is 0 Å². The van der Waals surface area contributed by atoms with E-state index in [9.17, 15) is 0 Å². The molecule has 8 heteroatoms. The number of rotatable bonds is 4. The summed E-state index contributed by atoms with van der Waals surface area (Å²) in [6, 6.07) is 2.47. The van der Waals surface area contributed by atoms with Crippen molar-refractivity contribution in [1.82, 2.24) is 15.3 Å². The Kier molecular flexibility index (Phi) is 8.40. The van der Waals surface area contributed by atoms with Crippen LogP contribution in [0.25, 0.3) is 0 Å². The van der Waals surface area contributed by atoms with Crippen LogP contribution in [0.2, 0.25) is 0 Å². The van der Waals surface area contributed by atoms with Crippen molar-refractivity contribution in [3.05, 3.63) is 11.8 Å². The smallest absolute Gasteiger partial charge is 0.227 e. The molecular weight excluding hydrogens is 385 g/mol. The summed E-state index contributed by atoms with van der Waals surface area (Å²) in [7, 11) is 0. The lowest BCUT2D eigenvalue weighted by Crippen LogP contribution is -2.41. The van der Waals surface area contributed by atoms with Crippen molar-refractivity contribution in [2.45, 2.75) is 63.5 Å². The zero-order valence-corrected chi connectivity index (χ0v) is 17.8. The number of hydrogen-bond acceptors (Lipinski definition) is 6. The Labute approximate surface area is 175 Å². The normalized spacial score (nSPS) is 24.2. The summed E-state index contributed by atoms with van der Waals surface area (Å²) in [6.45, 7) is 7.24. The number of halogens is 2. The Balaban J connectivity index is 0.00000131. The number of nitrogens with zero attached hydrogens (tertiary/aromatic N) is 3. The number of nitrogens with one attached hydrogen (secondary N) is 2. The van der Waals surface area contributed by atoms with Gasteiger partial charge < -0.3 is 20.3 Å². The highest BCUT2D eigenvalue weighted by atomic mass is 35.5. The van der Waals surface area contributed by atoms with E-state index < -0.39 is 0 Å². The van der Waals surface area contributed by atoms with Crippen LogP contribution in [0, 0.1) is 0 Å². The number of hydrogen-bond donors (Lipinski definition) is 2.